The summed E-state index contributed by atoms with van der Waals surface area (Å²) in [4.78, 5) is 11.7. The summed E-state index contributed by atoms with van der Waals surface area (Å²) in [5.74, 6) is 0.836. The largest absolute Gasteiger partial charge is 0.494 e. The first-order valence-corrected chi connectivity index (χ1v) is 7.58. The highest BCUT2D eigenvalue weighted by atomic mass is 79.9. The van der Waals surface area contributed by atoms with Crippen LogP contribution in [0.15, 0.2) is 34.9 Å². The monoisotopic (exact) mass is 351 g/mol. The van der Waals surface area contributed by atoms with Crippen molar-refractivity contribution in [2.24, 2.45) is 0 Å². The highest BCUT2D eigenvalue weighted by molar-refractivity contribution is 9.10. The fraction of sp³-hybridized carbons (Fsp3) is 0.333. The van der Waals surface area contributed by atoms with Crippen molar-refractivity contribution in [3.05, 3.63) is 46.2 Å². The van der Waals surface area contributed by atoms with Gasteiger partial charge in [0.05, 0.1) is 12.8 Å². The van der Waals surface area contributed by atoms with Crippen LogP contribution >= 0.6 is 15.9 Å². The number of carbonyl (C=O) groups is 1. The van der Waals surface area contributed by atoms with Gasteiger partial charge in [-0.05, 0) is 37.6 Å². The Kier molecular flexibility index (Phi) is 5.80. The molecule has 0 saturated carbocycles. The van der Waals surface area contributed by atoms with E-state index in [1.807, 2.05) is 31.2 Å². The summed E-state index contributed by atoms with van der Waals surface area (Å²) in [6.45, 7) is 2.97. The standard InChI is InChI=1S/C15H18BrN3O2/c1-11-12(10-18-19-11)9-17-15(20)3-2-8-21-14-6-4-13(16)5-7-14/h4-7,10H,2-3,8-9H2,1H3,(H,17,20)(H,18,19). The summed E-state index contributed by atoms with van der Waals surface area (Å²) >= 11 is 3.37. The molecule has 0 atom stereocenters. The van der Waals surface area contributed by atoms with Gasteiger partial charge in [0, 0.05) is 28.7 Å². The summed E-state index contributed by atoms with van der Waals surface area (Å²) < 4.78 is 6.58. The van der Waals surface area contributed by atoms with Crippen LogP contribution in [0.4, 0.5) is 0 Å². The van der Waals surface area contributed by atoms with E-state index in [4.69, 9.17) is 4.74 Å². The van der Waals surface area contributed by atoms with Crippen molar-refractivity contribution in [3.8, 4) is 5.75 Å². The van der Waals surface area contributed by atoms with E-state index in [0.29, 0.717) is 26.0 Å². The highest BCUT2D eigenvalue weighted by Crippen LogP contribution is 2.16. The third-order valence-corrected chi connectivity index (χ3v) is 3.57. The molecule has 0 aliphatic carbocycles. The molecule has 0 aliphatic heterocycles. The number of H-pyrrole nitrogens is 1. The molecule has 6 heteroatoms. The van der Waals surface area contributed by atoms with Crippen LogP contribution in [-0.2, 0) is 11.3 Å². The predicted octanol–water partition coefficient (Wildman–Crippen LogP) is 2.96. The van der Waals surface area contributed by atoms with Gasteiger partial charge in [-0.2, -0.15) is 5.10 Å². The molecule has 0 spiro atoms. The lowest BCUT2D eigenvalue weighted by Crippen LogP contribution is -2.23. The van der Waals surface area contributed by atoms with Crippen LogP contribution in [0.5, 0.6) is 5.75 Å². The topological polar surface area (TPSA) is 67.0 Å². The van der Waals surface area contributed by atoms with Gasteiger partial charge in [0.15, 0.2) is 0 Å². The number of aromatic amines is 1. The summed E-state index contributed by atoms with van der Waals surface area (Å²) in [5, 5.41) is 9.63. The minimum Gasteiger partial charge on any atom is -0.494 e. The van der Waals surface area contributed by atoms with Crippen LogP contribution < -0.4 is 10.1 Å². The minimum atomic E-state index is 0.0232. The van der Waals surface area contributed by atoms with Crippen LogP contribution in [0.1, 0.15) is 24.1 Å². The molecule has 112 valence electrons. The number of halogens is 1. The second kappa shape index (κ2) is 7.83. The maximum absolute atomic E-state index is 11.7. The van der Waals surface area contributed by atoms with E-state index in [9.17, 15) is 4.79 Å². The van der Waals surface area contributed by atoms with Gasteiger partial charge in [-0.1, -0.05) is 15.9 Å². The molecule has 1 amide bonds. The average Bonchev–Trinajstić information content (AvgIpc) is 2.89. The number of aryl methyl sites for hydroxylation is 1. The Bertz CT molecular complexity index is 581. The zero-order chi connectivity index (χ0) is 15.1. The molecule has 2 aromatic rings. The van der Waals surface area contributed by atoms with Gasteiger partial charge < -0.3 is 10.1 Å². The van der Waals surface area contributed by atoms with Crippen molar-refractivity contribution >= 4 is 21.8 Å². The van der Waals surface area contributed by atoms with Crippen LogP contribution in [0, 0.1) is 6.92 Å². The Morgan fingerprint density at radius 1 is 1.38 bits per heavy atom. The maximum Gasteiger partial charge on any atom is 0.220 e. The lowest BCUT2D eigenvalue weighted by molar-refractivity contribution is -0.121. The lowest BCUT2D eigenvalue weighted by atomic mass is 10.2. The van der Waals surface area contributed by atoms with Crippen molar-refractivity contribution < 1.29 is 9.53 Å². The molecule has 0 bridgehead atoms. The first-order valence-electron chi connectivity index (χ1n) is 6.79. The van der Waals surface area contributed by atoms with Crippen LogP contribution in [0.3, 0.4) is 0 Å². The van der Waals surface area contributed by atoms with Crippen molar-refractivity contribution in [2.75, 3.05) is 6.61 Å². The van der Waals surface area contributed by atoms with Gasteiger partial charge in [0.2, 0.25) is 5.91 Å². The molecule has 1 aromatic carbocycles. The molecule has 21 heavy (non-hydrogen) atoms. The normalized spacial score (nSPS) is 10.4. The second-order valence-electron chi connectivity index (χ2n) is 4.70. The number of amides is 1. The molecule has 1 heterocycles. The number of nitrogens with zero attached hydrogens (tertiary/aromatic N) is 1. The van der Waals surface area contributed by atoms with E-state index in [1.54, 1.807) is 6.20 Å². The van der Waals surface area contributed by atoms with Crippen LogP contribution in [-0.4, -0.2) is 22.7 Å². The quantitative estimate of drug-likeness (QED) is 0.753. The van der Waals surface area contributed by atoms with E-state index < -0.39 is 0 Å². The fourth-order valence-electron chi connectivity index (χ4n) is 1.79. The summed E-state index contributed by atoms with van der Waals surface area (Å²) in [6, 6.07) is 7.64. The molecule has 2 rings (SSSR count). The van der Waals surface area contributed by atoms with Gasteiger partial charge >= 0.3 is 0 Å². The molecule has 0 saturated heterocycles. The summed E-state index contributed by atoms with van der Waals surface area (Å²) in [7, 11) is 0. The van der Waals surface area contributed by atoms with Crippen molar-refractivity contribution in [1.29, 1.82) is 0 Å². The Hall–Kier alpha value is -1.82. The Morgan fingerprint density at radius 2 is 2.14 bits per heavy atom. The lowest BCUT2D eigenvalue weighted by Gasteiger charge is -2.07. The molecule has 2 N–H and O–H groups in total. The maximum atomic E-state index is 11.7. The SMILES string of the molecule is Cc1[nH]ncc1CNC(=O)CCCOc1ccc(Br)cc1. The number of ether oxygens (including phenoxy) is 1. The second-order valence-corrected chi connectivity index (χ2v) is 5.62. The summed E-state index contributed by atoms with van der Waals surface area (Å²) in [5.41, 5.74) is 1.99. The Labute approximate surface area is 132 Å². The van der Waals surface area contributed by atoms with Crippen LogP contribution in [0.2, 0.25) is 0 Å². The third kappa shape index (κ3) is 5.23. The van der Waals surface area contributed by atoms with E-state index in [1.165, 1.54) is 0 Å². The molecule has 0 aliphatic rings. The average molecular weight is 352 g/mol. The molecule has 0 unspecified atom stereocenters. The number of aromatic nitrogens is 2. The van der Waals surface area contributed by atoms with E-state index in [0.717, 1.165) is 21.5 Å². The Balaban J connectivity index is 1.61. The third-order valence-electron chi connectivity index (χ3n) is 3.04. The predicted molar refractivity (Wildman–Crippen MR) is 84.0 cm³/mol. The van der Waals surface area contributed by atoms with Gasteiger partial charge in [0.1, 0.15) is 5.75 Å². The zero-order valence-corrected chi connectivity index (χ0v) is 13.4. The first kappa shape index (κ1) is 15.6. The van der Waals surface area contributed by atoms with Crippen LogP contribution in [0.25, 0.3) is 0 Å². The smallest absolute Gasteiger partial charge is 0.220 e. The van der Waals surface area contributed by atoms with Gasteiger partial charge in [-0.3, -0.25) is 9.89 Å². The number of hydrogen-bond donors (Lipinski definition) is 2. The van der Waals surface area contributed by atoms with E-state index in [2.05, 4.69) is 31.4 Å². The first-order chi connectivity index (χ1) is 10.1. The van der Waals surface area contributed by atoms with Gasteiger partial charge in [-0.25, -0.2) is 0 Å². The Morgan fingerprint density at radius 3 is 2.81 bits per heavy atom. The zero-order valence-electron chi connectivity index (χ0n) is 11.9. The number of benzene rings is 1. The van der Waals surface area contributed by atoms with Gasteiger partial charge in [0.25, 0.3) is 0 Å². The van der Waals surface area contributed by atoms with Crippen molar-refractivity contribution in [1.82, 2.24) is 15.5 Å². The molecule has 0 radical (unpaired) electrons. The molecule has 1 aromatic heterocycles. The number of hydrogen-bond acceptors (Lipinski definition) is 3. The molecule has 5 nitrogen and oxygen atoms in total. The number of carbonyl (C=O) groups excluding carboxylic acids is 1. The number of nitrogens with one attached hydrogen (secondary N) is 2. The van der Waals surface area contributed by atoms with Crippen molar-refractivity contribution in [3.63, 3.8) is 0 Å². The van der Waals surface area contributed by atoms with E-state index in [-0.39, 0.29) is 5.91 Å². The minimum absolute atomic E-state index is 0.0232. The number of rotatable bonds is 7. The van der Waals surface area contributed by atoms with E-state index >= 15 is 0 Å². The molecule has 0 fully saturated rings. The fourth-order valence-corrected chi connectivity index (χ4v) is 2.05. The highest BCUT2D eigenvalue weighted by Gasteiger charge is 2.04. The summed E-state index contributed by atoms with van der Waals surface area (Å²) in [6.07, 6.45) is 2.87. The van der Waals surface area contributed by atoms with Crippen molar-refractivity contribution in [2.45, 2.75) is 26.3 Å². The molecular formula is C15H18BrN3O2. The molecular weight excluding hydrogens is 334 g/mol. The van der Waals surface area contributed by atoms with Gasteiger partial charge in [-0.15, -0.1) is 0 Å².